The van der Waals surface area contributed by atoms with Crippen LogP contribution in [0.25, 0.3) is 0 Å². The Morgan fingerprint density at radius 2 is 1.32 bits per heavy atom. The van der Waals surface area contributed by atoms with E-state index in [9.17, 15) is 45.3 Å². The van der Waals surface area contributed by atoms with Gasteiger partial charge in [-0.15, -0.1) is 0 Å². The van der Waals surface area contributed by atoms with Gasteiger partial charge >= 0.3 is 0 Å². The standard InChI is InChI=1S/C24H43NO13/c1-13(27)6-3-4-7-16(28)25(9-11-36-23-21(33)19(31)17(29)14(2)37-23)8-5-10-35-24-22(34)20(32)18(30)15(12-26)38-24/h14-15,17-24,26,29-34H,3-12H2,1-2H3/t14-,15+,17+,18+,19+,20-,21-,22-,23+,24-/m0/s1. The van der Waals surface area contributed by atoms with E-state index in [1.54, 1.807) is 0 Å². The SMILES string of the molecule is CC(=O)CCCCC(=O)N(CCCO[C@H]1O[C@H](CO)[C@@H](O)[C@H](O)[C@@H]1O)CCO[C@@H]1O[C@@H](C)[C@@H](O)[C@@H](O)[C@@H]1O. The Morgan fingerprint density at radius 1 is 0.737 bits per heavy atom. The lowest BCUT2D eigenvalue weighted by molar-refractivity contribution is -0.301. The van der Waals surface area contributed by atoms with Crippen molar-refractivity contribution in [1.29, 1.82) is 0 Å². The van der Waals surface area contributed by atoms with Gasteiger partial charge in [-0.05, 0) is 33.1 Å². The summed E-state index contributed by atoms with van der Waals surface area (Å²) in [6.07, 6.45) is -11.1. The van der Waals surface area contributed by atoms with Gasteiger partial charge in [0, 0.05) is 25.9 Å². The normalized spacial score (nSPS) is 35.7. The summed E-state index contributed by atoms with van der Waals surface area (Å²) in [5.41, 5.74) is 0. The monoisotopic (exact) mass is 553 g/mol. The number of unbranched alkanes of at least 4 members (excludes halogenated alkanes) is 1. The summed E-state index contributed by atoms with van der Waals surface area (Å²) >= 11 is 0. The average molecular weight is 554 g/mol. The highest BCUT2D eigenvalue weighted by Crippen LogP contribution is 2.23. The number of Topliss-reactive ketones (excluding diaryl/α,β-unsaturated/α-hetero) is 1. The molecule has 2 saturated heterocycles. The van der Waals surface area contributed by atoms with Crippen molar-refractivity contribution in [2.24, 2.45) is 0 Å². The van der Waals surface area contributed by atoms with Crippen molar-refractivity contribution in [2.75, 3.05) is 32.9 Å². The number of aliphatic hydroxyl groups excluding tert-OH is 7. The third-order valence-electron chi connectivity index (χ3n) is 6.68. The second-order valence-corrected chi connectivity index (χ2v) is 9.76. The lowest BCUT2D eigenvalue weighted by Crippen LogP contribution is -2.59. The van der Waals surface area contributed by atoms with Gasteiger partial charge in [-0.2, -0.15) is 0 Å². The number of hydrogen-bond donors (Lipinski definition) is 7. The van der Waals surface area contributed by atoms with Crippen LogP contribution in [0.3, 0.4) is 0 Å². The molecule has 2 aliphatic heterocycles. The summed E-state index contributed by atoms with van der Waals surface area (Å²) in [6, 6.07) is 0. The van der Waals surface area contributed by atoms with Crippen LogP contribution in [0.2, 0.25) is 0 Å². The molecule has 0 aromatic carbocycles. The lowest BCUT2D eigenvalue weighted by atomic mass is 9.99. The molecule has 38 heavy (non-hydrogen) atoms. The third kappa shape index (κ3) is 9.41. The molecule has 0 aromatic heterocycles. The Balaban J connectivity index is 1.87. The number of carbonyl (C=O) groups excluding carboxylic acids is 2. The number of carbonyl (C=O) groups is 2. The molecule has 10 atom stereocenters. The van der Waals surface area contributed by atoms with E-state index in [1.165, 1.54) is 18.7 Å². The second kappa shape index (κ2) is 16.1. The number of aliphatic hydroxyl groups is 7. The van der Waals surface area contributed by atoms with E-state index in [1.807, 2.05) is 0 Å². The first-order chi connectivity index (χ1) is 18.0. The summed E-state index contributed by atoms with van der Waals surface area (Å²) in [7, 11) is 0. The van der Waals surface area contributed by atoms with Crippen LogP contribution in [0.5, 0.6) is 0 Å². The Bertz CT molecular complexity index is 725. The number of rotatable bonds is 15. The van der Waals surface area contributed by atoms with Crippen molar-refractivity contribution in [1.82, 2.24) is 4.90 Å². The van der Waals surface area contributed by atoms with Gasteiger partial charge in [0.15, 0.2) is 12.6 Å². The molecule has 222 valence electrons. The van der Waals surface area contributed by atoms with Crippen LogP contribution in [0.4, 0.5) is 0 Å². The van der Waals surface area contributed by atoms with Crippen LogP contribution < -0.4 is 0 Å². The van der Waals surface area contributed by atoms with Gasteiger partial charge in [0.05, 0.1) is 25.9 Å². The molecule has 1 amide bonds. The molecule has 0 bridgehead atoms. The molecule has 0 aliphatic carbocycles. The van der Waals surface area contributed by atoms with Crippen molar-refractivity contribution in [3.63, 3.8) is 0 Å². The molecule has 0 spiro atoms. The molecule has 14 heteroatoms. The van der Waals surface area contributed by atoms with Gasteiger partial charge in [0.1, 0.15) is 48.5 Å². The van der Waals surface area contributed by atoms with Gasteiger partial charge < -0.3 is 64.4 Å². The molecule has 2 aliphatic rings. The quantitative estimate of drug-likeness (QED) is 0.101. The number of hydrogen-bond acceptors (Lipinski definition) is 13. The first-order valence-corrected chi connectivity index (χ1v) is 13.0. The van der Waals surface area contributed by atoms with Crippen molar-refractivity contribution in [2.45, 2.75) is 107 Å². The van der Waals surface area contributed by atoms with Gasteiger partial charge in [0.2, 0.25) is 5.91 Å². The molecule has 2 fully saturated rings. The maximum Gasteiger partial charge on any atom is 0.222 e. The summed E-state index contributed by atoms with van der Waals surface area (Å²) in [5.74, 6) is -0.153. The van der Waals surface area contributed by atoms with Crippen LogP contribution >= 0.6 is 0 Å². The predicted octanol–water partition coefficient (Wildman–Crippen LogP) is -2.98. The molecule has 14 nitrogen and oxygen atoms in total. The molecular weight excluding hydrogens is 510 g/mol. The van der Waals surface area contributed by atoms with E-state index in [4.69, 9.17) is 18.9 Å². The van der Waals surface area contributed by atoms with Gasteiger partial charge in [-0.25, -0.2) is 0 Å². The highest BCUT2D eigenvalue weighted by molar-refractivity contribution is 5.77. The minimum absolute atomic E-state index is 0.0176. The van der Waals surface area contributed by atoms with Crippen LogP contribution in [-0.4, -0.2) is 147 Å². The van der Waals surface area contributed by atoms with E-state index >= 15 is 0 Å². The average Bonchev–Trinajstić information content (AvgIpc) is 2.89. The van der Waals surface area contributed by atoms with E-state index in [0.29, 0.717) is 25.7 Å². The summed E-state index contributed by atoms with van der Waals surface area (Å²) in [6.45, 7) is 2.75. The molecule has 0 aromatic rings. The zero-order valence-corrected chi connectivity index (χ0v) is 21.9. The molecular formula is C24H43NO13. The Morgan fingerprint density at radius 3 is 1.95 bits per heavy atom. The van der Waals surface area contributed by atoms with Gasteiger partial charge in [-0.3, -0.25) is 4.79 Å². The molecule has 2 rings (SSSR count). The molecule has 0 radical (unpaired) electrons. The number of amides is 1. The predicted molar refractivity (Wildman–Crippen MR) is 128 cm³/mol. The van der Waals surface area contributed by atoms with Crippen molar-refractivity contribution >= 4 is 11.7 Å². The smallest absolute Gasteiger partial charge is 0.222 e. The zero-order valence-electron chi connectivity index (χ0n) is 21.9. The van der Waals surface area contributed by atoms with Crippen LogP contribution in [0.1, 0.15) is 46.0 Å². The van der Waals surface area contributed by atoms with Crippen LogP contribution in [0.15, 0.2) is 0 Å². The first kappa shape index (κ1) is 32.9. The Labute approximate surface area is 221 Å². The fraction of sp³-hybridized carbons (Fsp3) is 0.917. The molecule has 0 saturated carbocycles. The van der Waals surface area contributed by atoms with E-state index in [-0.39, 0.29) is 44.4 Å². The van der Waals surface area contributed by atoms with E-state index in [2.05, 4.69) is 0 Å². The number of nitrogens with zero attached hydrogens (tertiary/aromatic N) is 1. The maximum atomic E-state index is 12.8. The highest BCUT2D eigenvalue weighted by atomic mass is 16.7. The molecule has 7 N–H and O–H groups in total. The highest BCUT2D eigenvalue weighted by Gasteiger charge is 2.44. The fourth-order valence-corrected chi connectivity index (χ4v) is 4.26. The van der Waals surface area contributed by atoms with Crippen molar-refractivity contribution in [3.8, 4) is 0 Å². The number of ketones is 1. The summed E-state index contributed by atoms with van der Waals surface area (Å²) < 4.78 is 21.7. The first-order valence-electron chi connectivity index (χ1n) is 13.0. The zero-order chi connectivity index (χ0) is 28.4. The Kier molecular flexibility index (Phi) is 13.9. The minimum Gasteiger partial charge on any atom is -0.394 e. The molecule has 0 unspecified atom stereocenters. The Hall–Kier alpha value is -1.30. The fourth-order valence-electron chi connectivity index (χ4n) is 4.26. The lowest BCUT2D eigenvalue weighted by Gasteiger charge is -2.39. The topological polar surface area (TPSA) is 216 Å². The third-order valence-corrected chi connectivity index (χ3v) is 6.68. The van der Waals surface area contributed by atoms with Crippen LogP contribution in [0, 0.1) is 0 Å². The van der Waals surface area contributed by atoms with Gasteiger partial charge in [-0.1, -0.05) is 0 Å². The maximum absolute atomic E-state index is 12.8. The summed E-state index contributed by atoms with van der Waals surface area (Å²) in [4.78, 5) is 25.5. The van der Waals surface area contributed by atoms with Crippen LogP contribution in [-0.2, 0) is 28.5 Å². The second-order valence-electron chi connectivity index (χ2n) is 9.76. The van der Waals surface area contributed by atoms with Gasteiger partial charge in [0.25, 0.3) is 0 Å². The molecule has 2 heterocycles. The van der Waals surface area contributed by atoms with Crippen molar-refractivity contribution in [3.05, 3.63) is 0 Å². The van der Waals surface area contributed by atoms with E-state index < -0.39 is 68.0 Å². The van der Waals surface area contributed by atoms with Crippen molar-refractivity contribution < 1.29 is 64.3 Å². The van der Waals surface area contributed by atoms with E-state index in [0.717, 1.165) is 0 Å². The largest absolute Gasteiger partial charge is 0.394 e. The number of ether oxygens (including phenoxy) is 4. The summed E-state index contributed by atoms with van der Waals surface area (Å²) in [5, 5.41) is 69.0. The minimum atomic E-state index is -1.56.